The number of hydrogen-bond acceptors (Lipinski definition) is 3. The molecule has 0 N–H and O–H groups in total. The fourth-order valence-electron chi connectivity index (χ4n) is 1.63. The Labute approximate surface area is 98.5 Å². The standard InChI is InChI=1S/C11H11FO2S2/c1-2-15-7-9-6-8-4-3-5-10(12)11(8)16(9,13)14/h3-6H,2,7H2,1H3. The first kappa shape index (κ1) is 11.7. The molecular formula is C11H11FO2S2. The van der Waals surface area contributed by atoms with Gasteiger partial charge in [-0.3, -0.25) is 0 Å². The Balaban J connectivity index is 2.48. The van der Waals surface area contributed by atoms with Crippen LogP contribution in [-0.2, 0) is 9.84 Å². The average molecular weight is 258 g/mol. The zero-order valence-electron chi connectivity index (χ0n) is 8.73. The minimum Gasteiger partial charge on any atom is -0.219 e. The van der Waals surface area contributed by atoms with Gasteiger partial charge in [-0.15, -0.1) is 0 Å². The number of fused-ring (bicyclic) bond motifs is 1. The summed E-state index contributed by atoms with van der Waals surface area (Å²) in [4.78, 5) is 0.140. The molecule has 1 aromatic carbocycles. The highest BCUT2D eigenvalue weighted by atomic mass is 32.2. The quantitative estimate of drug-likeness (QED) is 0.836. The van der Waals surface area contributed by atoms with Gasteiger partial charge in [0.05, 0.1) is 4.91 Å². The number of thioether (sulfide) groups is 1. The average Bonchev–Trinajstić information content (AvgIpc) is 2.48. The van der Waals surface area contributed by atoms with E-state index in [1.165, 1.54) is 23.9 Å². The second kappa shape index (κ2) is 4.22. The molecule has 1 aromatic rings. The van der Waals surface area contributed by atoms with E-state index in [0.717, 1.165) is 5.75 Å². The van der Waals surface area contributed by atoms with Crippen LogP contribution in [0.1, 0.15) is 12.5 Å². The van der Waals surface area contributed by atoms with Crippen LogP contribution in [0.15, 0.2) is 28.0 Å². The van der Waals surface area contributed by atoms with Crippen molar-refractivity contribution in [1.82, 2.24) is 0 Å². The minimum absolute atomic E-state index is 0.165. The van der Waals surface area contributed by atoms with Crippen molar-refractivity contribution in [2.45, 2.75) is 11.8 Å². The number of rotatable bonds is 3. The van der Waals surface area contributed by atoms with Gasteiger partial charge in [0.25, 0.3) is 0 Å². The molecule has 0 unspecified atom stereocenters. The van der Waals surface area contributed by atoms with E-state index >= 15 is 0 Å². The van der Waals surface area contributed by atoms with Gasteiger partial charge in [0.2, 0.25) is 9.84 Å². The zero-order chi connectivity index (χ0) is 11.8. The van der Waals surface area contributed by atoms with Gasteiger partial charge in [-0.1, -0.05) is 19.1 Å². The summed E-state index contributed by atoms with van der Waals surface area (Å²) in [5.74, 6) is 0.587. The summed E-state index contributed by atoms with van der Waals surface area (Å²) >= 11 is 1.51. The molecule has 0 saturated carbocycles. The summed E-state index contributed by atoms with van der Waals surface area (Å²) in [7, 11) is -3.58. The van der Waals surface area contributed by atoms with Crippen LogP contribution in [0.2, 0.25) is 0 Å². The van der Waals surface area contributed by atoms with Crippen molar-refractivity contribution in [3.8, 4) is 0 Å². The monoisotopic (exact) mass is 258 g/mol. The van der Waals surface area contributed by atoms with E-state index in [2.05, 4.69) is 0 Å². The smallest absolute Gasteiger partial charge is 0.207 e. The highest BCUT2D eigenvalue weighted by molar-refractivity contribution is 8.02. The third-order valence-corrected chi connectivity index (χ3v) is 5.40. The number of halogens is 1. The lowest BCUT2D eigenvalue weighted by Crippen LogP contribution is -2.05. The molecule has 0 radical (unpaired) electrons. The maximum absolute atomic E-state index is 13.5. The van der Waals surface area contributed by atoms with Crippen LogP contribution in [0.4, 0.5) is 4.39 Å². The van der Waals surface area contributed by atoms with Crippen LogP contribution in [0, 0.1) is 5.82 Å². The lowest BCUT2D eigenvalue weighted by molar-refractivity contribution is 0.572. The Morgan fingerprint density at radius 1 is 1.38 bits per heavy atom. The molecular weight excluding hydrogens is 247 g/mol. The van der Waals surface area contributed by atoms with E-state index in [-0.39, 0.29) is 4.90 Å². The highest BCUT2D eigenvalue weighted by Gasteiger charge is 2.31. The molecule has 0 atom stereocenters. The van der Waals surface area contributed by atoms with Crippen LogP contribution >= 0.6 is 11.8 Å². The van der Waals surface area contributed by atoms with Crippen molar-refractivity contribution >= 4 is 27.7 Å². The summed E-state index contributed by atoms with van der Waals surface area (Å²) in [6, 6.07) is 4.33. The highest BCUT2D eigenvalue weighted by Crippen LogP contribution is 2.35. The second-order valence-corrected chi connectivity index (χ2v) is 6.62. The summed E-state index contributed by atoms with van der Waals surface area (Å²) in [6.45, 7) is 1.96. The Bertz CT molecular complexity index is 547. The van der Waals surface area contributed by atoms with Gasteiger partial charge in [0.1, 0.15) is 10.7 Å². The summed E-state index contributed by atoms with van der Waals surface area (Å²) in [6.07, 6.45) is 1.57. The van der Waals surface area contributed by atoms with Crippen LogP contribution < -0.4 is 0 Å². The molecule has 0 aliphatic carbocycles. The molecule has 0 spiro atoms. The molecule has 1 aliphatic heterocycles. The van der Waals surface area contributed by atoms with Gasteiger partial charge in [0, 0.05) is 5.75 Å². The van der Waals surface area contributed by atoms with Crippen molar-refractivity contribution in [1.29, 1.82) is 0 Å². The van der Waals surface area contributed by atoms with Crippen molar-refractivity contribution in [2.75, 3.05) is 11.5 Å². The van der Waals surface area contributed by atoms with E-state index in [4.69, 9.17) is 0 Å². The Morgan fingerprint density at radius 2 is 2.12 bits per heavy atom. The number of hydrogen-bond donors (Lipinski definition) is 0. The van der Waals surface area contributed by atoms with Gasteiger partial charge in [-0.2, -0.15) is 11.8 Å². The molecule has 1 heterocycles. The normalized spacial score (nSPS) is 17.0. The third-order valence-electron chi connectivity index (χ3n) is 2.38. The first-order valence-corrected chi connectivity index (χ1v) is 7.53. The van der Waals surface area contributed by atoms with Gasteiger partial charge in [-0.05, 0) is 23.5 Å². The summed E-state index contributed by atoms with van der Waals surface area (Å²) in [5, 5.41) is 0. The van der Waals surface area contributed by atoms with Gasteiger partial charge in [0.15, 0.2) is 0 Å². The maximum Gasteiger partial charge on any atom is 0.207 e. The zero-order valence-corrected chi connectivity index (χ0v) is 10.4. The second-order valence-electron chi connectivity index (χ2n) is 3.41. The van der Waals surface area contributed by atoms with E-state index in [9.17, 15) is 12.8 Å². The molecule has 0 fully saturated rings. The number of benzene rings is 1. The van der Waals surface area contributed by atoms with Crippen LogP contribution in [0.25, 0.3) is 6.08 Å². The Hall–Kier alpha value is -0.810. The summed E-state index contributed by atoms with van der Waals surface area (Å²) < 4.78 is 37.4. The van der Waals surface area contributed by atoms with Crippen molar-refractivity contribution in [2.24, 2.45) is 0 Å². The van der Waals surface area contributed by atoms with E-state index in [1.54, 1.807) is 12.1 Å². The van der Waals surface area contributed by atoms with E-state index in [1.807, 2.05) is 6.92 Å². The molecule has 0 saturated heterocycles. The van der Waals surface area contributed by atoms with Crippen LogP contribution in [0.3, 0.4) is 0 Å². The van der Waals surface area contributed by atoms with Crippen LogP contribution in [0.5, 0.6) is 0 Å². The molecule has 0 aromatic heterocycles. The first-order valence-electron chi connectivity index (χ1n) is 4.89. The number of sulfone groups is 1. The molecule has 2 rings (SSSR count). The molecule has 5 heteroatoms. The lowest BCUT2D eigenvalue weighted by Gasteiger charge is -2.03. The molecule has 2 nitrogen and oxygen atoms in total. The predicted octanol–water partition coefficient (Wildman–Crippen LogP) is 2.71. The lowest BCUT2D eigenvalue weighted by atomic mass is 10.2. The SMILES string of the molecule is CCSCC1=Cc2cccc(F)c2S1(=O)=O. The van der Waals surface area contributed by atoms with Crippen molar-refractivity contribution in [3.05, 3.63) is 34.5 Å². The first-order chi connectivity index (χ1) is 7.57. The van der Waals surface area contributed by atoms with Crippen LogP contribution in [-0.4, -0.2) is 19.9 Å². The van der Waals surface area contributed by atoms with E-state index in [0.29, 0.717) is 16.2 Å². The van der Waals surface area contributed by atoms with Gasteiger partial charge < -0.3 is 0 Å². The third kappa shape index (κ3) is 1.78. The Morgan fingerprint density at radius 3 is 2.75 bits per heavy atom. The summed E-state index contributed by atoms with van der Waals surface area (Å²) in [5.41, 5.74) is 0.465. The maximum atomic E-state index is 13.5. The topological polar surface area (TPSA) is 34.1 Å². The minimum atomic E-state index is -3.58. The van der Waals surface area contributed by atoms with E-state index < -0.39 is 15.7 Å². The van der Waals surface area contributed by atoms with Crippen molar-refractivity contribution in [3.63, 3.8) is 0 Å². The molecule has 16 heavy (non-hydrogen) atoms. The largest absolute Gasteiger partial charge is 0.219 e. The van der Waals surface area contributed by atoms with Crippen molar-refractivity contribution < 1.29 is 12.8 Å². The van der Waals surface area contributed by atoms with Gasteiger partial charge in [-0.25, -0.2) is 12.8 Å². The van der Waals surface area contributed by atoms with Gasteiger partial charge >= 0.3 is 0 Å². The predicted molar refractivity (Wildman–Crippen MR) is 64.6 cm³/mol. The molecule has 0 bridgehead atoms. The fraction of sp³-hybridized carbons (Fsp3) is 0.273. The molecule has 86 valence electrons. The fourth-order valence-corrected chi connectivity index (χ4v) is 4.29. The molecule has 1 aliphatic rings. The molecule has 0 amide bonds. The Kier molecular flexibility index (Phi) is 3.08.